The van der Waals surface area contributed by atoms with Gasteiger partial charge in [-0.1, -0.05) is 384 Å². The molecule has 22 aromatic rings. The first kappa shape index (κ1) is 84.4. The summed E-state index contributed by atoms with van der Waals surface area (Å²) in [5, 5.41) is 46.4. The van der Waals surface area contributed by atoms with Gasteiger partial charge in [-0.05, 0) is 218 Å². The van der Waals surface area contributed by atoms with Crippen molar-refractivity contribution in [3.05, 3.63) is 508 Å². The Kier molecular flexibility index (Phi) is 22.9. The topological polar surface area (TPSA) is 64.9 Å². The van der Waals surface area contributed by atoms with E-state index in [0.29, 0.717) is 16.8 Å². The normalized spacial score (nSPS) is 11.5. The van der Waals surface area contributed by atoms with Crippen LogP contribution in [0.4, 0.5) is 73.9 Å². The van der Waals surface area contributed by atoms with Crippen LogP contribution in [0.1, 0.15) is 18.6 Å². The number of rotatable bonds is 21. The van der Waals surface area contributed by atoms with E-state index in [1.165, 1.54) is 89.8 Å². The average Bonchev–Trinajstić information content (AvgIpc) is 0.729. The molecule has 632 valence electrons. The lowest BCUT2D eigenvalue weighted by atomic mass is 9.91. The Hall–Kier alpha value is -16.8. The molecule has 0 spiro atoms. The molecular weight excluding hydrogens is 1660 g/mol. The number of nitrogens with zero attached hydrogens (tertiary/aromatic N) is 7. The lowest BCUT2D eigenvalue weighted by Crippen LogP contribution is -2.74. The second-order valence-electron chi connectivity index (χ2n) is 34.7. The lowest BCUT2D eigenvalue weighted by Gasteiger charge is -2.35. The first-order valence-electron chi connectivity index (χ1n) is 44.8. The molecule has 0 heterocycles. The largest absolute Gasteiger partial charge is 0.310 e. The van der Waals surface area contributed by atoms with Gasteiger partial charge >= 0.3 is 0 Å². The minimum absolute atomic E-state index is 0. The Morgan fingerprint density at radius 2 is 0.451 bits per heavy atom. The average molecular weight is 1750 g/mol. The molecule has 0 N–H and O–H groups in total. The molecule has 0 radical (unpaired) electrons. The van der Waals surface area contributed by atoms with Crippen LogP contribution in [0.3, 0.4) is 0 Å². The molecular formula is C123H93N7Si3. The molecule has 0 unspecified atom stereocenters. The molecule has 0 saturated heterocycles. The number of nitriles is 2. The summed E-state index contributed by atoms with van der Waals surface area (Å²) in [4.78, 5) is 13.1. The molecule has 0 aliphatic heterocycles. The summed E-state index contributed by atoms with van der Waals surface area (Å²) in [6.45, 7) is 14.9. The molecule has 22 rings (SSSR count). The zero-order valence-electron chi connectivity index (χ0n) is 73.3. The van der Waals surface area contributed by atoms with Crippen LogP contribution in [0.5, 0.6) is 0 Å². The molecule has 0 aliphatic rings. The van der Waals surface area contributed by atoms with Gasteiger partial charge in [0.15, 0.2) is 21.8 Å². The maximum Gasteiger partial charge on any atom is 0.187 e. The molecule has 0 aliphatic carbocycles. The fourth-order valence-electron chi connectivity index (χ4n) is 20.2. The van der Waals surface area contributed by atoms with Crippen LogP contribution < -0.4 is 66.3 Å². The predicted molar refractivity (Wildman–Crippen MR) is 572 cm³/mol. The third kappa shape index (κ3) is 15.2. The van der Waals surface area contributed by atoms with Crippen LogP contribution in [0.25, 0.3) is 69.5 Å². The molecule has 10 heteroatoms. The van der Waals surface area contributed by atoms with Crippen LogP contribution >= 0.6 is 0 Å². The fraction of sp³-hybridized carbons (Fsp3) is 0.0325. The minimum Gasteiger partial charge on any atom is -0.310 e. The third-order valence-electron chi connectivity index (χ3n) is 26.3. The number of hydrogen-bond donors (Lipinski definition) is 0. The van der Waals surface area contributed by atoms with Gasteiger partial charge in [0.2, 0.25) is 0 Å². The van der Waals surface area contributed by atoms with Crippen LogP contribution in [0, 0.1) is 29.2 Å². The number of benzene rings is 22. The SMILES string of the molecule is C.N#Cc1ccccc1N(c1ccc([Si](c2ccccc2)(c2ccccc2)c2ccccc2)cc1)c1ccc2ccc3c(N(c4ccccc4)c4ccccc4)ccc4ccc1c2c43.[C-]#[N+]c1ccc(N(c2ccc([Si](c3ccccc3)(c3ccccc3)c3ccccc3)cc2)c2ccc3ccc4c(N(c5ccc(C#N)cc5)c5ccc([Si](C)(C)C)cc5)ccc5ccc2c3c54)cc1. The summed E-state index contributed by atoms with van der Waals surface area (Å²) in [5.41, 5.74) is 14.1. The van der Waals surface area contributed by atoms with E-state index < -0.39 is 24.2 Å². The summed E-state index contributed by atoms with van der Waals surface area (Å²) < 4.78 is 0. The van der Waals surface area contributed by atoms with Crippen molar-refractivity contribution in [3.8, 4) is 12.1 Å². The number of para-hydroxylation sites is 3. The Bertz CT molecular complexity index is 7810. The second-order valence-corrected chi connectivity index (χ2v) is 47.4. The Labute approximate surface area is 780 Å². The van der Waals surface area contributed by atoms with Gasteiger partial charge in [0.1, 0.15) is 6.07 Å². The van der Waals surface area contributed by atoms with Crippen molar-refractivity contribution >= 4 is 209 Å². The van der Waals surface area contributed by atoms with Gasteiger partial charge < -0.3 is 19.6 Å². The highest BCUT2D eigenvalue weighted by molar-refractivity contribution is 7.20. The monoisotopic (exact) mass is 1750 g/mol. The van der Waals surface area contributed by atoms with Gasteiger partial charge in [-0.25, -0.2) is 4.85 Å². The molecule has 0 bridgehead atoms. The van der Waals surface area contributed by atoms with Crippen molar-refractivity contribution in [2.75, 3.05) is 19.6 Å². The summed E-state index contributed by atoms with van der Waals surface area (Å²) in [6.07, 6.45) is 0. The van der Waals surface area contributed by atoms with Crippen LogP contribution in [0.15, 0.2) is 485 Å². The highest BCUT2D eigenvalue weighted by atomic mass is 28.3. The first-order valence-corrected chi connectivity index (χ1v) is 52.3. The van der Waals surface area contributed by atoms with Crippen molar-refractivity contribution in [2.24, 2.45) is 0 Å². The summed E-state index contributed by atoms with van der Waals surface area (Å²) in [5.74, 6) is 0. The van der Waals surface area contributed by atoms with Crippen molar-refractivity contribution in [2.45, 2.75) is 27.1 Å². The predicted octanol–water partition coefficient (Wildman–Crippen LogP) is 27.3. The standard InChI is InChI=1S/C63H48N4Si2.C59H41N3Si.CH4/c1-65-48-26-30-50(31-27-48)67(52-34-38-57(39-35-52)69(54-14-8-5-9-15-54,55-16-10-6-11-17-55)56-18-12-7-13-19-56)61-43-25-47-22-40-58-60(42-24-46-23-41-59(61)63(47)62(46)58)66(49-28-20-45(44-64)21-29-49)51-32-36-53(37-33-51)68(2,3)4;60-42-45-18-16-17-29-55(45)62(48-34-36-52(37-35-48)63(49-23-10-3-11-24-49,50-25-12-4-13-26-50)51-27-14-5-15-28-51)57-41-33-44-30-38-53-56(40-32-43-31-39-54(57)59(44)58(43)53)61(46-19-6-1-7-20-46)47-21-8-2-9-22-47;/h5-43H,2-4H3;1-41H;1H4. The number of anilines is 12. The van der Waals surface area contributed by atoms with E-state index in [4.69, 9.17) is 6.57 Å². The smallest absolute Gasteiger partial charge is 0.187 e. The third-order valence-corrected chi connectivity index (χ3v) is 38.0. The zero-order valence-corrected chi connectivity index (χ0v) is 76.3. The second kappa shape index (κ2) is 36.1. The molecule has 0 amide bonds. The molecule has 0 fully saturated rings. The lowest BCUT2D eigenvalue weighted by molar-refractivity contribution is 1.28. The maximum absolute atomic E-state index is 10.6. The fourth-order valence-corrected chi connectivity index (χ4v) is 30.9. The Balaban J connectivity index is 0.000000165. The van der Waals surface area contributed by atoms with Crippen LogP contribution in [-0.4, -0.2) is 24.2 Å². The van der Waals surface area contributed by atoms with Crippen molar-refractivity contribution < 1.29 is 0 Å². The highest BCUT2D eigenvalue weighted by Crippen LogP contribution is 2.51. The van der Waals surface area contributed by atoms with E-state index in [0.717, 1.165) is 89.8 Å². The molecule has 0 saturated carbocycles. The number of hydrogen-bond acceptors (Lipinski definition) is 6. The van der Waals surface area contributed by atoms with E-state index in [1.807, 2.05) is 42.5 Å². The molecule has 133 heavy (non-hydrogen) atoms. The van der Waals surface area contributed by atoms with E-state index >= 15 is 0 Å². The van der Waals surface area contributed by atoms with Gasteiger partial charge in [-0.3, -0.25) is 0 Å². The molecule has 0 atom stereocenters. The summed E-state index contributed by atoms with van der Waals surface area (Å²) in [7, 11) is -7.07. The zero-order chi connectivity index (χ0) is 89.3. The van der Waals surface area contributed by atoms with Gasteiger partial charge in [0.25, 0.3) is 0 Å². The maximum atomic E-state index is 10.6. The first-order chi connectivity index (χ1) is 65.0. The summed E-state index contributed by atoms with van der Waals surface area (Å²) in [6, 6.07) is 180. The summed E-state index contributed by atoms with van der Waals surface area (Å²) >= 11 is 0. The van der Waals surface area contributed by atoms with Crippen LogP contribution in [0.2, 0.25) is 19.6 Å². The molecule has 7 nitrogen and oxygen atoms in total. The molecule has 22 aromatic carbocycles. The Morgan fingerprint density at radius 1 is 0.218 bits per heavy atom. The van der Waals surface area contributed by atoms with Crippen molar-refractivity contribution in [3.63, 3.8) is 0 Å². The van der Waals surface area contributed by atoms with E-state index in [-0.39, 0.29) is 7.43 Å². The van der Waals surface area contributed by atoms with E-state index in [9.17, 15) is 10.5 Å². The minimum atomic E-state index is -2.77. The quantitative estimate of drug-likeness (QED) is 0.0309. The van der Waals surface area contributed by atoms with Gasteiger partial charge in [0, 0.05) is 61.4 Å². The van der Waals surface area contributed by atoms with Crippen LogP contribution in [-0.2, 0) is 0 Å². The van der Waals surface area contributed by atoms with Gasteiger partial charge in [-0.15, -0.1) is 0 Å². The Morgan fingerprint density at radius 3 is 0.737 bits per heavy atom. The van der Waals surface area contributed by atoms with Crippen molar-refractivity contribution in [1.82, 2.24) is 0 Å². The van der Waals surface area contributed by atoms with Gasteiger partial charge in [0.05, 0.1) is 60.3 Å². The van der Waals surface area contributed by atoms with E-state index in [1.54, 1.807) is 0 Å². The molecule has 0 aromatic heterocycles. The highest BCUT2D eigenvalue weighted by Gasteiger charge is 2.43. The van der Waals surface area contributed by atoms with Crippen molar-refractivity contribution in [1.29, 1.82) is 10.5 Å². The van der Waals surface area contributed by atoms with Gasteiger partial charge in [-0.2, -0.15) is 10.5 Å². The van der Waals surface area contributed by atoms with E-state index in [2.05, 4.69) is 499 Å².